The van der Waals surface area contributed by atoms with Crippen molar-refractivity contribution in [3.8, 4) is 17.6 Å². The quantitative estimate of drug-likeness (QED) is 0.184. The van der Waals surface area contributed by atoms with Gasteiger partial charge in [0, 0.05) is 6.07 Å². The number of carbonyl (C=O) groups excluding carboxylic acids is 1. The molecule has 0 aliphatic rings. The van der Waals surface area contributed by atoms with Gasteiger partial charge in [0.25, 0.3) is 11.6 Å². The summed E-state index contributed by atoms with van der Waals surface area (Å²) in [7, 11) is 0. The van der Waals surface area contributed by atoms with Crippen molar-refractivity contribution in [1.82, 2.24) is 0 Å². The van der Waals surface area contributed by atoms with E-state index in [-0.39, 0.29) is 16.9 Å². The maximum absolute atomic E-state index is 12.4. The molecule has 3 aromatic rings. The number of nitro groups is 1. The fraction of sp³-hybridized carbons (Fsp3) is 0.0833. The number of rotatable bonds is 7. The van der Waals surface area contributed by atoms with Crippen LogP contribution in [0.1, 0.15) is 16.7 Å². The summed E-state index contributed by atoms with van der Waals surface area (Å²) in [6.07, 6.45) is 1.39. The molecule has 3 rings (SSSR count). The monoisotopic (exact) mass is 429 g/mol. The third kappa shape index (κ3) is 5.49. The van der Waals surface area contributed by atoms with E-state index in [2.05, 4.69) is 5.32 Å². The van der Waals surface area contributed by atoms with Gasteiger partial charge in [-0.25, -0.2) is 0 Å². The van der Waals surface area contributed by atoms with Crippen LogP contribution < -0.4 is 10.1 Å². The first-order chi connectivity index (χ1) is 15.4. The molecule has 0 bridgehead atoms. The van der Waals surface area contributed by atoms with E-state index >= 15 is 0 Å². The third-order valence-corrected chi connectivity index (χ3v) is 4.65. The van der Waals surface area contributed by atoms with Crippen molar-refractivity contribution in [2.45, 2.75) is 13.5 Å². The number of nitrogens with zero attached hydrogens (tertiary/aromatic N) is 2. The standard InChI is InChI=1S/C24H19N3O5/c1-16-4-2-3-5-18(16)15-32-21-9-6-17(7-10-21)12-19(14-25)24(29)26-22-11-8-20(27(30)31)13-23(22)28/h2-13,28H,15H2,1H3,(H,26,29)/b19-12+. The highest BCUT2D eigenvalue weighted by Gasteiger charge is 2.15. The Morgan fingerprint density at radius 2 is 1.91 bits per heavy atom. The molecule has 0 saturated carbocycles. The molecule has 0 heterocycles. The summed E-state index contributed by atoms with van der Waals surface area (Å²) in [4.78, 5) is 22.5. The van der Waals surface area contributed by atoms with Gasteiger partial charge in [0.05, 0.1) is 16.7 Å². The number of nitrogens with one attached hydrogen (secondary N) is 1. The molecule has 32 heavy (non-hydrogen) atoms. The number of hydrogen-bond acceptors (Lipinski definition) is 6. The van der Waals surface area contributed by atoms with Crippen molar-refractivity contribution in [2.24, 2.45) is 0 Å². The summed E-state index contributed by atoms with van der Waals surface area (Å²) in [6, 6.07) is 19.9. The van der Waals surface area contributed by atoms with Gasteiger partial charge in [0.15, 0.2) is 0 Å². The number of nitro benzene ring substituents is 1. The minimum atomic E-state index is -0.753. The number of carbonyl (C=O) groups is 1. The molecule has 0 aliphatic heterocycles. The van der Waals surface area contributed by atoms with Crippen LogP contribution >= 0.6 is 0 Å². The second kappa shape index (κ2) is 9.91. The first-order valence-corrected chi connectivity index (χ1v) is 9.55. The van der Waals surface area contributed by atoms with E-state index in [1.807, 2.05) is 37.3 Å². The minimum Gasteiger partial charge on any atom is -0.506 e. The lowest BCUT2D eigenvalue weighted by molar-refractivity contribution is -0.384. The average Bonchev–Trinajstić information content (AvgIpc) is 2.78. The fourth-order valence-electron chi connectivity index (χ4n) is 2.84. The summed E-state index contributed by atoms with van der Waals surface area (Å²) < 4.78 is 5.78. The zero-order chi connectivity index (χ0) is 23.1. The van der Waals surface area contributed by atoms with E-state index in [9.17, 15) is 25.3 Å². The summed E-state index contributed by atoms with van der Waals surface area (Å²) in [5, 5.41) is 32.4. The molecule has 0 radical (unpaired) electrons. The lowest BCUT2D eigenvalue weighted by Crippen LogP contribution is -2.13. The molecule has 0 saturated heterocycles. The third-order valence-electron chi connectivity index (χ3n) is 4.65. The number of nitriles is 1. The number of non-ortho nitro benzene ring substituents is 1. The molecule has 160 valence electrons. The molecule has 1 amide bonds. The highest BCUT2D eigenvalue weighted by Crippen LogP contribution is 2.28. The first-order valence-electron chi connectivity index (χ1n) is 9.55. The predicted molar refractivity (Wildman–Crippen MR) is 119 cm³/mol. The van der Waals surface area contributed by atoms with Crippen molar-refractivity contribution in [3.63, 3.8) is 0 Å². The predicted octanol–water partition coefficient (Wildman–Crippen LogP) is 4.73. The van der Waals surface area contributed by atoms with Crippen molar-refractivity contribution in [3.05, 3.63) is 99.1 Å². The van der Waals surface area contributed by atoms with Gasteiger partial charge in [0.1, 0.15) is 29.7 Å². The summed E-state index contributed by atoms with van der Waals surface area (Å²) >= 11 is 0. The lowest BCUT2D eigenvalue weighted by atomic mass is 10.1. The number of anilines is 1. The van der Waals surface area contributed by atoms with E-state index in [1.54, 1.807) is 24.3 Å². The van der Waals surface area contributed by atoms with Gasteiger partial charge in [-0.05, 0) is 47.9 Å². The molecule has 0 spiro atoms. The largest absolute Gasteiger partial charge is 0.506 e. The number of hydrogen-bond donors (Lipinski definition) is 2. The Hall–Kier alpha value is -4.64. The second-order valence-electron chi connectivity index (χ2n) is 6.87. The molecule has 0 unspecified atom stereocenters. The minimum absolute atomic E-state index is 0.0401. The van der Waals surface area contributed by atoms with Gasteiger partial charge in [-0.2, -0.15) is 5.26 Å². The number of ether oxygens (including phenoxy) is 1. The van der Waals surface area contributed by atoms with Crippen LogP contribution in [0.15, 0.2) is 72.3 Å². The summed E-state index contributed by atoms with van der Waals surface area (Å²) in [5.41, 5.74) is 2.26. The molecular weight excluding hydrogens is 410 g/mol. The van der Waals surface area contributed by atoms with Crippen molar-refractivity contribution in [2.75, 3.05) is 5.32 Å². The van der Waals surface area contributed by atoms with Crippen LogP contribution in [0.3, 0.4) is 0 Å². The molecule has 0 aliphatic carbocycles. The first kappa shape index (κ1) is 22.1. The second-order valence-corrected chi connectivity index (χ2v) is 6.87. The topological polar surface area (TPSA) is 125 Å². The van der Waals surface area contributed by atoms with Crippen LogP contribution in [0.25, 0.3) is 6.08 Å². The highest BCUT2D eigenvalue weighted by atomic mass is 16.6. The zero-order valence-electron chi connectivity index (χ0n) is 17.1. The van der Waals surface area contributed by atoms with E-state index in [4.69, 9.17) is 4.74 Å². The average molecular weight is 429 g/mol. The summed E-state index contributed by atoms with van der Waals surface area (Å²) in [5.74, 6) is -0.583. The Kier molecular flexibility index (Phi) is 6.83. The van der Waals surface area contributed by atoms with E-state index in [1.165, 1.54) is 12.1 Å². The SMILES string of the molecule is Cc1ccccc1COc1ccc(/C=C(\C#N)C(=O)Nc2ccc([N+](=O)[O-])cc2O)cc1. The molecule has 8 nitrogen and oxygen atoms in total. The number of phenolic OH excluding ortho intramolecular Hbond substituents is 1. The van der Waals surface area contributed by atoms with Crippen LogP contribution in [0.4, 0.5) is 11.4 Å². The van der Waals surface area contributed by atoms with Gasteiger partial charge in [-0.1, -0.05) is 36.4 Å². The highest BCUT2D eigenvalue weighted by molar-refractivity contribution is 6.10. The number of amides is 1. The van der Waals surface area contributed by atoms with Crippen molar-refractivity contribution in [1.29, 1.82) is 5.26 Å². The number of phenols is 1. The smallest absolute Gasteiger partial charge is 0.273 e. The molecular formula is C24H19N3O5. The Labute approximate surface area is 184 Å². The number of aryl methyl sites for hydroxylation is 1. The zero-order valence-corrected chi connectivity index (χ0v) is 17.1. The molecule has 0 aromatic heterocycles. The van der Waals surface area contributed by atoms with Crippen molar-refractivity contribution < 1.29 is 19.6 Å². The fourth-order valence-corrected chi connectivity index (χ4v) is 2.84. The Morgan fingerprint density at radius 1 is 1.19 bits per heavy atom. The maximum atomic E-state index is 12.4. The van der Waals surface area contributed by atoms with Crippen molar-refractivity contribution >= 4 is 23.4 Å². The summed E-state index contributed by atoms with van der Waals surface area (Å²) in [6.45, 7) is 2.43. The van der Waals surface area contributed by atoms with Gasteiger partial charge in [-0.15, -0.1) is 0 Å². The van der Waals surface area contributed by atoms with Crippen LogP contribution in [0.2, 0.25) is 0 Å². The van der Waals surface area contributed by atoms with E-state index in [0.717, 1.165) is 23.3 Å². The van der Waals surface area contributed by atoms with Crippen LogP contribution in [-0.2, 0) is 11.4 Å². The van der Waals surface area contributed by atoms with Crippen LogP contribution in [0, 0.1) is 28.4 Å². The number of benzene rings is 3. The molecule has 8 heteroatoms. The lowest BCUT2D eigenvalue weighted by Gasteiger charge is -2.09. The van der Waals surface area contributed by atoms with Gasteiger partial charge < -0.3 is 15.2 Å². The molecule has 0 atom stereocenters. The van der Waals surface area contributed by atoms with Gasteiger partial charge in [-0.3, -0.25) is 14.9 Å². The van der Waals surface area contributed by atoms with E-state index in [0.29, 0.717) is 17.9 Å². The number of aromatic hydroxyl groups is 1. The maximum Gasteiger partial charge on any atom is 0.273 e. The van der Waals surface area contributed by atoms with Crippen LogP contribution in [0.5, 0.6) is 11.5 Å². The van der Waals surface area contributed by atoms with Gasteiger partial charge in [0.2, 0.25) is 0 Å². The normalized spacial score (nSPS) is 10.8. The molecule has 2 N–H and O–H groups in total. The van der Waals surface area contributed by atoms with E-state index < -0.39 is 16.6 Å². The Bertz CT molecular complexity index is 1230. The molecule has 3 aromatic carbocycles. The molecule has 0 fully saturated rings. The Balaban J connectivity index is 1.68. The van der Waals surface area contributed by atoms with Crippen LogP contribution in [-0.4, -0.2) is 15.9 Å². The van der Waals surface area contributed by atoms with Gasteiger partial charge >= 0.3 is 0 Å². The Morgan fingerprint density at radius 3 is 2.53 bits per heavy atom.